The second-order valence-corrected chi connectivity index (χ2v) is 5.76. The monoisotopic (exact) mass is 304 g/mol. The van der Waals surface area contributed by atoms with Crippen LogP contribution in [0.3, 0.4) is 0 Å². The van der Waals surface area contributed by atoms with Gasteiger partial charge in [0.25, 0.3) is 0 Å². The number of aromatic nitrogens is 2. The average molecular weight is 305 g/mol. The van der Waals surface area contributed by atoms with Gasteiger partial charge in [0, 0.05) is 10.9 Å². The maximum Gasteiger partial charge on any atom is 0.335 e. The SMILES string of the molecule is Cc1cnc(Cl)nc1-c1cc2ccc(C(=O)O)cc2s1. The highest BCUT2D eigenvalue weighted by Gasteiger charge is 2.11. The van der Waals surface area contributed by atoms with Crippen LogP contribution >= 0.6 is 22.9 Å². The van der Waals surface area contributed by atoms with Gasteiger partial charge < -0.3 is 5.11 Å². The fourth-order valence-corrected chi connectivity index (χ4v) is 3.24. The van der Waals surface area contributed by atoms with Crippen molar-refractivity contribution in [3.05, 3.63) is 46.9 Å². The van der Waals surface area contributed by atoms with Gasteiger partial charge >= 0.3 is 5.97 Å². The van der Waals surface area contributed by atoms with Crippen LogP contribution in [0.2, 0.25) is 5.28 Å². The van der Waals surface area contributed by atoms with Gasteiger partial charge in [-0.25, -0.2) is 14.8 Å². The zero-order valence-electron chi connectivity index (χ0n) is 10.4. The summed E-state index contributed by atoms with van der Waals surface area (Å²) < 4.78 is 0.911. The molecule has 3 aromatic rings. The van der Waals surface area contributed by atoms with Crippen molar-refractivity contribution in [1.29, 1.82) is 0 Å². The molecule has 0 aliphatic rings. The predicted octanol–water partition coefficient (Wildman–Crippen LogP) is 4.02. The smallest absolute Gasteiger partial charge is 0.335 e. The number of thiophene rings is 1. The van der Waals surface area contributed by atoms with Crippen molar-refractivity contribution in [2.45, 2.75) is 6.92 Å². The van der Waals surface area contributed by atoms with Gasteiger partial charge in [-0.15, -0.1) is 11.3 Å². The molecule has 0 atom stereocenters. The molecule has 0 unspecified atom stereocenters. The summed E-state index contributed by atoms with van der Waals surface area (Å²) in [5, 5.41) is 10.2. The molecule has 100 valence electrons. The van der Waals surface area contributed by atoms with Crippen LogP contribution in [0.4, 0.5) is 0 Å². The van der Waals surface area contributed by atoms with Crippen molar-refractivity contribution >= 4 is 39.0 Å². The highest BCUT2D eigenvalue weighted by Crippen LogP contribution is 2.34. The van der Waals surface area contributed by atoms with E-state index < -0.39 is 5.97 Å². The van der Waals surface area contributed by atoms with Crippen LogP contribution in [0.5, 0.6) is 0 Å². The van der Waals surface area contributed by atoms with Gasteiger partial charge in [-0.2, -0.15) is 0 Å². The van der Waals surface area contributed by atoms with E-state index in [2.05, 4.69) is 9.97 Å². The maximum absolute atomic E-state index is 11.0. The first-order valence-corrected chi connectivity index (χ1v) is 7.00. The van der Waals surface area contributed by atoms with Gasteiger partial charge in [0.2, 0.25) is 5.28 Å². The van der Waals surface area contributed by atoms with E-state index in [-0.39, 0.29) is 10.8 Å². The molecule has 1 aromatic carbocycles. The lowest BCUT2D eigenvalue weighted by Gasteiger charge is -2.00. The summed E-state index contributed by atoms with van der Waals surface area (Å²) in [4.78, 5) is 20.1. The molecule has 0 bridgehead atoms. The van der Waals surface area contributed by atoms with Crippen LogP contribution in [0.1, 0.15) is 15.9 Å². The second-order valence-electron chi connectivity index (χ2n) is 4.34. The molecule has 0 radical (unpaired) electrons. The molecule has 2 heterocycles. The Labute approximate surface area is 123 Å². The van der Waals surface area contributed by atoms with E-state index in [1.165, 1.54) is 11.3 Å². The van der Waals surface area contributed by atoms with E-state index >= 15 is 0 Å². The van der Waals surface area contributed by atoms with E-state index in [9.17, 15) is 4.79 Å². The molecular weight excluding hydrogens is 296 g/mol. The Bertz CT molecular complexity index is 829. The molecule has 0 aliphatic carbocycles. The Kier molecular flexibility index (Phi) is 3.16. The summed E-state index contributed by atoms with van der Waals surface area (Å²) in [7, 11) is 0. The molecule has 2 aromatic heterocycles. The Morgan fingerprint density at radius 3 is 2.90 bits per heavy atom. The second kappa shape index (κ2) is 4.85. The van der Waals surface area contributed by atoms with Crippen LogP contribution < -0.4 is 0 Å². The van der Waals surface area contributed by atoms with Crippen LogP contribution in [-0.2, 0) is 0 Å². The van der Waals surface area contributed by atoms with Crippen molar-refractivity contribution in [1.82, 2.24) is 9.97 Å². The number of rotatable bonds is 2. The summed E-state index contributed by atoms with van der Waals surface area (Å²) >= 11 is 7.33. The van der Waals surface area contributed by atoms with Crippen LogP contribution in [0.25, 0.3) is 20.7 Å². The van der Waals surface area contributed by atoms with Crippen molar-refractivity contribution in [2.24, 2.45) is 0 Å². The van der Waals surface area contributed by atoms with Crippen LogP contribution in [0.15, 0.2) is 30.5 Å². The quantitative estimate of drug-likeness (QED) is 0.726. The van der Waals surface area contributed by atoms with Gasteiger partial charge in [0.1, 0.15) is 0 Å². The van der Waals surface area contributed by atoms with Gasteiger partial charge in [-0.3, -0.25) is 0 Å². The lowest BCUT2D eigenvalue weighted by molar-refractivity contribution is 0.0697. The molecule has 0 saturated heterocycles. The first-order valence-electron chi connectivity index (χ1n) is 5.81. The Hall–Kier alpha value is -1.98. The predicted molar refractivity (Wildman–Crippen MR) is 79.6 cm³/mol. The number of benzene rings is 1. The van der Waals surface area contributed by atoms with E-state index in [0.29, 0.717) is 0 Å². The Balaban J connectivity index is 2.17. The number of carbonyl (C=O) groups is 1. The molecule has 0 amide bonds. The molecule has 0 aliphatic heterocycles. The van der Waals surface area contributed by atoms with Gasteiger partial charge in [0.05, 0.1) is 16.1 Å². The van der Waals surface area contributed by atoms with Crippen molar-refractivity contribution in [3.8, 4) is 10.6 Å². The Morgan fingerprint density at radius 2 is 2.15 bits per heavy atom. The lowest BCUT2D eigenvalue weighted by atomic mass is 10.1. The number of aryl methyl sites for hydroxylation is 1. The van der Waals surface area contributed by atoms with E-state index in [0.717, 1.165) is 26.2 Å². The van der Waals surface area contributed by atoms with Gasteiger partial charge in [-0.1, -0.05) is 6.07 Å². The van der Waals surface area contributed by atoms with Crippen molar-refractivity contribution in [3.63, 3.8) is 0 Å². The third kappa shape index (κ3) is 2.26. The normalized spacial score (nSPS) is 10.9. The molecule has 0 saturated carbocycles. The van der Waals surface area contributed by atoms with Crippen LogP contribution in [0, 0.1) is 6.92 Å². The standard InChI is InChI=1S/C14H9ClN2O2S/c1-7-6-16-14(15)17-12(7)11-4-8-2-3-9(13(18)19)5-10(8)20-11/h2-6H,1H3,(H,18,19). The number of carboxylic acids is 1. The number of nitrogens with zero attached hydrogens (tertiary/aromatic N) is 2. The van der Waals surface area contributed by atoms with E-state index in [1.807, 2.05) is 13.0 Å². The zero-order valence-corrected chi connectivity index (χ0v) is 12.0. The number of fused-ring (bicyclic) bond motifs is 1. The highest BCUT2D eigenvalue weighted by atomic mass is 35.5. The summed E-state index contributed by atoms with van der Waals surface area (Å²) in [5.74, 6) is -0.928. The lowest BCUT2D eigenvalue weighted by Crippen LogP contribution is -1.94. The summed E-state index contributed by atoms with van der Waals surface area (Å²) in [6.45, 7) is 1.92. The number of hydrogen-bond donors (Lipinski definition) is 1. The third-order valence-corrected chi connectivity index (χ3v) is 4.23. The van der Waals surface area contributed by atoms with Gasteiger partial charge in [0.15, 0.2) is 0 Å². The fraction of sp³-hybridized carbons (Fsp3) is 0.0714. The topological polar surface area (TPSA) is 63.1 Å². The van der Waals surface area contributed by atoms with E-state index in [1.54, 1.807) is 24.4 Å². The first kappa shape index (κ1) is 13.0. The Morgan fingerprint density at radius 1 is 1.35 bits per heavy atom. The van der Waals surface area contributed by atoms with Crippen LogP contribution in [-0.4, -0.2) is 21.0 Å². The summed E-state index contributed by atoms with van der Waals surface area (Å²) in [5.41, 5.74) is 1.99. The molecule has 20 heavy (non-hydrogen) atoms. The largest absolute Gasteiger partial charge is 0.478 e. The molecule has 1 N–H and O–H groups in total. The number of hydrogen-bond acceptors (Lipinski definition) is 4. The first-order chi connectivity index (χ1) is 9.54. The zero-order chi connectivity index (χ0) is 14.3. The molecule has 0 fully saturated rings. The minimum absolute atomic E-state index is 0.203. The molecule has 0 spiro atoms. The number of halogens is 1. The van der Waals surface area contributed by atoms with Crippen molar-refractivity contribution in [2.75, 3.05) is 0 Å². The molecule has 4 nitrogen and oxygen atoms in total. The molecule has 6 heteroatoms. The van der Waals surface area contributed by atoms with Gasteiger partial charge in [-0.05, 0) is 47.7 Å². The third-order valence-electron chi connectivity index (χ3n) is 2.94. The van der Waals surface area contributed by atoms with E-state index in [4.69, 9.17) is 16.7 Å². The summed E-state index contributed by atoms with van der Waals surface area (Å²) in [6, 6.07) is 7.05. The average Bonchev–Trinajstić information content (AvgIpc) is 2.83. The minimum atomic E-state index is -0.928. The molecule has 3 rings (SSSR count). The summed E-state index contributed by atoms with van der Waals surface area (Å²) in [6.07, 6.45) is 1.68. The van der Waals surface area contributed by atoms with Crippen molar-refractivity contribution < 1.29 is 9.90 Å². The number of carboxylic acid groups (broad SMARTS) is 1. The molecular formula is C14H9ClN2O2S. The fourth-order valence-electron chi connectivity index (χ4n) is 1.95. The number of aromatic carboxylic acids is 1. The minimum Gasteiger partial charge on any atom is -0.478 e. The maximum atomic E-state index is 11.0. The highest BCUT2D eigenvalue weighted by molar-refractivity contribution is 7.22.